The minimum atomic E-state index is 0.616. The summed E-state index contributed by atoms with van der Waals surface area (Å²) in [5.41, 5.74) is 2.09. The molecule has 0 aliphatic heterocycles. The van der Waals surface area contributed by atoms with Crippen LogP contribution in [0.15, 0.2) is 28.8 Å². The van der Waals surface area contributed by atoms with E-state index in [-0.39, 0.29) is 0 Å². The summed E-state index contributed by atoms with van der Waals surface area (Å²) in [6, 6.07) is 6.01. The fourth-order valence-corrected chi connectivity index (χ4v) is 1.97. The number of oxazole rings is 1. The Morgan fingerprint density at radius 1 is 1.35 bits per heavy atom. The number of ether oxygens (including phenoxy) is 1. The van der Waals surface area contributed by atoms with Gasteiger partial charge in [-0.1, -0.05) is 26.0 Å². The summed E-state index contributed by atoms with van der Waals surface area (Å²) in [6.07, 6.45) is 1.76. The normalized spacial score (nSPS) is 11.1. The molecule has 4 nitrogen and oxygen atoms in total. The summed E-state index contributed by atoms with van der Waals surface area (Å²) in [5.74, 6) is 2.95. The highest BCUT2D eigenvalue weighted by atomic mass is 16.5. The van der Waals surface area contributed by atoms with E-state index < -0.39 is 0 Å². The minimum absolute atomic E-state index is 0.616. The molecule has 1 aromatic heterocycles. The van der Waals surface area contributed by atoms with Gasteiger partial charge in [0.25, 0.3) is 0 Å². The molecule has 0 saturated heterocycles. The molecule has 0 spiro atoms. The highest BCUT2D eigenvalue weighted by Gasteiger charge is 2.08. The van der Waals surface area contributed by atoms with Crippen molar-refractivity contribution in [2.24, 2.45) is 5.92 Å². The lowest BCUT2D eigenvalue weighted by Gasteiger charge is -2.06. The van der Waals surface area contributed by atoms with Gasteiger partial charge in [0.05, 0.1) is 19.9 Å². The first kappa shape index (κ1) is 14.6. The van der Waals surface area contributed by atoms with Gasteiger partial charge in [-0.25, -0.2) is 4.98 Å². The fourth-order valence-electron chi connectivity index (χ4n) is 1.97. The summed E-state index contributed by atoms with van der Waals surface area (Å²) >= 11 is 0. The number of hydrogen-bond acceptors (Lipinski definition) is 4. The zero-order valence-electron chi connectivity index (χ0n) is 12.6. The Labute approximate surface area is 120 Å². The maximum atomic E-state index is 5.76. The quantitative estimate of drug-likeness (QED) is 0.877. The molecule has 20 heavy (non-hydrogen) atoms. The van der Waals surface area contributed by atoms with E-state index >= 15 is 0 Å². The smallest absolute Gasteiger partial charge is 0.208 e. The van der Waals surface area contributed by atoms with Crippen molar-refractivity contribution < 1.29 is 9.15 Å². The standard InChI is InChI=1S/C16H22N2O2/c1-11(2)8-17-10-16-18-9-15(20-16)13-6-5-12(3)14(7-13)19-4/h5-7,9,11,17H,8,10H2,1-4H3. The Morgan fingerprint density at radius 3 is 2.85 bits per heavy atom. The third kappa shape index (κ3) is 3.61. The average Bonchev–Trinajstić information content (AvgIpc) is 2.87. The first-order valence-corrected chi connectivity index (χ1v) is 6.90. The van der Waals surface area contributed by atoms with Gasteiger partial charge in [0.2, 0.25) is 5.89 Å². The van der Waals surface area contributed by atoms with Crippen LogP contribution in [0, 0.1) is 12.8 Å². The predicted octanol–water partition coefficient (Wildman–Crippen LogP) is 3.40. The highest BCUT2D eigenvalue weighted by molar-refractivity contribution is 5.60. The first-order valence-electron chi connectivity index (χ1n) is 6.90. The first-order chi connectivity index (χ1) is 9.60. The zero-order valence-corrected chi connectivity index (χ0v) is 12.6. The van der Waals surface area contributed by atoms with Gasteiger partial charge in [-0.3, -0.25) is 0 Å². The lowest BCUT2D eigenvalue weighted by molar-refractivity contribution is 0.411. The number of nitrogens with one attached hydrogen (secondary N) is 1. The Balaban J connectivity index is 2.08. The van der Waals surface area contributed by atoms with E-state index in [0.717, 1.165) is 29.2 Å². The maximum absolute atomic E-state index is 5.76. The Hall–Kier alpha value is -1.81. The van der Waals surface area contributed by atoms with Crippen LogP contribution in [0.25, 0.3) is 11.3 Å². The van der Waals surface area contributed by atoms with Crippen LogP contribution in [0.5, 0.6) is 5.75 Å². The van der Waals surface area contributed by atoms with E-state index in [4.69, 9.17) is 9.15 Å². The molecular formula is C16H22N2O2. The van der Waals surface area contributed by atoms with Crippen LogP contribution in [0.1, 0.15) is 25.3 Å². The topological polar surface area (TPSA) is 47.3 Å². The second kappa shape index (κ2) is 6.57. The number of rotatable bonds is 6. The monoisotopic (exact) mass is 274 g/mol. The van der Waals surface area contributed by atoms with Gasteiger partial charge in [0.15, 0.2) is 5.76 Å². The van der Waals surface area contributed by atoms with Crippen LogP contribution < -0.4 is 10.1 Å². The van der Waals surface area contributed by atoms with Gasteiger partial charge in [-0.2, -0.15) is 0 Å². The van der Waals surface area contributed by atoms with Crippen molar-refractivity contribution in [3.63, 3.8) is 0 Å². The number of aromatic nitrogens is 1. The molecule has 4 heteroatoms. The lowest BCUT2D eigenvalue weighted by Crippen LogP contribution is -2.18. The minimum Gasteiger partial charge on any atom is -0.496 e. The molecule has 0 unspecified atom stereocenters. The predicted molar refractivity (Wildman–Crippen MR) is 79.8 cm³/mol. The molecule has 0 bridgehead atoms. The maximum Gasteiger partial charge on any atom is 0.208 e. The molecule has 108 valence electrons. The van der Waals surface area contributed by atoms with Gasteiger partial charge < -0.3 is 14.5 Å². The summed E-state index contributed by atoms with van der Waals surface area (Å²) in [5, 5.41) is 3.32. The number of hydrogen-bond donors (Lipinski definition) is 1. The van der Waals surface area contributed by atoms with Crippen molar-refractivity contribution >= 4 is 0 Å². The van der Waals surface area contributed by atoms with Crippen molar-refractivity contribution in [1.82, 2.24) is 10.3 Å². The molecule has 0 aliphatic rings. The molecule has 0 amide bonds. The van der Waals surface area contributed by atoms with E-state index in [2.05, 4.69) is 24.1 Å². The second-order valence-electron chi connectivity index (χ2n) is 5.33. The number of aryl methyl sites for hydroxylation is 1. The van der Waals surface area contributed by atoms with Crippen LogP contribution in [0.2, 0.25) is 0 Å². The average molecular weight is 274 g/mol. The SMILES string of the molecule is COc1cc(-c2cnc(CNCC(C)C)o2)ccc1C. The molecule has 0 atom stereocenters. The third-order valence-corrected chi connectivity index (χ3v) is 3.07. The molecule has 0 fully saturated rings. The van der Waals surface area contributed by atoms with Crippen molar-refractivity contribution in [3.8, 4) is 17.1 Å². The van der Waals surface area contributed by atoms with Gasteiger partial charge >= 0.3 is 0 Å². The van der Waals surface area contributed by atoms with Crippen molar-refractivity contribution in [3.05, 3.63) is 35.9 Å². The van der Waals surface area contributed by atoms with Crippen molar-refractivity contribution in [2.45, 2.75) is 27.3 Å². The van der Waals surface area contributed by atoms with E-state index in [1.165, 1.54) is 0 Å². The number of benzene rings is 1. The van der Waals surface area contributed by atoms with Gasteiger partial charge in [0.1, 0.15) is 5.75 Å². The third-order valence-electron chi connectivity index (χ3n) is 3.07. The lowest BCUT2D eigenvalue weighted by atomic mass is 10.1. The molecule has 0 aliphatic carbocycles. The zero-order chi connectivity index (χ0) is 14.5. The molecule has 0 saturated carbocycles. The molecule has 1 heterocycles. The second-order valence-corrected chi connectivity index (χ2v) is 5.33. The Bertz CT molecular complexity index is 561. The molecular weight excluding hydrogens is 252 g/mol. The van der Waals surface area contributed by atoms with Crippen LogP contribution >= 0.6 is 0 Å². The number of nitrogens with zero attached hydrogens (tertiary/aromatic N) is 1. The van der Waals surface area contributed by atoms with E-state index in [1.807, 2.05) is 25.1 Å². The molecule has 2 rings (SSSR count). The summed E-state index contributed by atoms with van der Waals surface area (Å²) < 4.78 is 11.1. The summed E-state index contributed by atoms with van der Waals surface area (Å²) in [4.78, 5) is 4.30. The molecule has 1 aromatic carbocycles. The van der Waals surface area contributed by atoms with Crippen LogP contribution in [-0.2, 0) is 6.54 Å². The van der Waals surface area contributed by atoms with Crippen LogP contribution in [0.4, 0.5) is 0 Å². The van der Waals surface area contributed by atoms with Gasteiger partial charge in [-0.15, -0.1) is 0 Å². The van der Waals surface area contributed by atoms with E-state index in [0.29, 0.717) is 18.4 Å². The molecule has 2 aromatic rings. The Morgan fingerprint density at radius 2 is 2.15 bits per heavy atom. The van der Waals surface area contributed by atoms with Gasteiger partial charge in [0, 0.05) is 5.56 Å². The fraction of sp³-hybridized carbons (Fsp3) is 0.438. The number of methoxy groups -OCH3 is 1. The molecule has 1 N–H and O–H groups in total. The van der Waals surface area contributed by atoms with E-state index in [1.54, 1.807) is 13.3 Å². The van der Waals surface area contributed by atoms with E-state index in [9.17, 15) is 0 Å². The van der Waals surface area contributed by atoms with Crippen molar-refractivity contribution in [1.29, 1.82) is 0 Å². The summed E-state index contributed by atoms with van der Waals surface area (Å²) in [7, 11) is 1.67. The molecule has 0 radical (unpaired) electrons. The van der Waals surface area contributed by atoms with Crippen molar-refractivity contribution in [2.75, 3.05) is 13.7 Å². The highest BCUT2D eigenvalue weighted by Crippen LogP contribution is 2.27. The van der Waals surface area contributed by atoms with Crippen LogP contribution in [0.3, 0.4) is 0 Å². The largest absolute Gasteiger partial charge is 0.496 e. The van der Waals surface area contributed by atoms with Crippen LogP contribution in [-0.4, -0.2) is 18.6 Å². The Kier molecular flexibility index (Phi) is 4.79. The van der Waals surface area contributed by atoms with Gasteiger partial charge in [-0.05, 0) is 31.0 Å². The summed E-state index contributed by atoms with van der Waals surface area (Å²) in [6.45, 7) is 7.97.